The molecule has 0 unspecified atom stereocenters. The Balaban J connectivity index is 0.000000252. The molecule has 0 aliphatic rings. The molecule has 1 rings (SSSR count). The SMILES string of the molecule is Cn1cc(N)c(N)n1.O=S(=O)(O)O. The van der Waals surface area contributed by atoms with Crippen LogP contribution in [-0.4, -0.2) is 27.3 Å². The molecule has 76 valence electrons. The lowest BCUT2D eigenvalue weighted by Crippen LogP contribution is -1.91. The summed E-state index contributed by atoms with van der Waals surface area (Å²) in [4.78, 5) is 0. The van der Waals surface area contributed by atoms with Gasteiger partial charge in [0, 0.05) is 13.2 Å². The molecular weight excluding hydrogens is 200 g/mol. The van der Waals surface area contributed by atoms with Crippen LogP contribution in [0, 0.1) is 0 Å². The highest BCUT2D eigenvalue weighted by Gasteiger charge is 1.94. The highest BCUT2D eigenvalue weighted by molar-refractivity contribution is 7.79. The molecule has 6 N–H and O–H groups in total. The molecule has 0 saturated heterocycles. The Labute approximate surface area is 74.7 Å². The van der Waals surface area contributed by atoms with E-state index >= 15 is 0 Å². The van der Waals surface area contributed by atoms with Crippen LogP contribution in [0.15, 0.2) is 6.20 Å². The van der Waals surface area contributed by atoms with Gasteiger partial charge in [-0.25, -0.2) is 0 Å². The Bertz CT molecular complexity index is 342. The summed E-state index contributed by atoms with van der Waals surface area (Å²) in [6.45, 7) is 0. The van der Waals surface area contributed by atoms with E-state index in [1.54, 1.807) is 17.9 Å². The molecule has 9 heteroatoms. The summed E-state index contributed by atoms with van der Waals surface area (Å²) < 4.78 is 33.2. The Kier molecular flexibility index (Phi) is 3.66. The molecule has 0 bridgehead atoms. The summed E-state index contributed by atoms with van der Waals surface area (Å²) in [5, 5.41) is 3.78. The highest BCUT2D eigenvalue weighted by atomic mass is 32.3. The number of rotatable bonds is 0. The van der Waals surface area contributed by atoms with Crippen molar-refractivity contribution in [2.24, 2.45) is 7.05 Å². The number of anilines is 2. The maximum absolute atomic E-state index is 8.74. The summed E-state index contributed by atoms with van der Waals surface area (Å²) >= 11 is 0. The second kappa shape index (κ2) is 4.07. The van der Waals surface area contributed by atoms with Gasteiger partial charge in [-0.1, -0.05) is 0 Å². The fourth-order valence-electron chi connectivity index (χ4n) is 0.524. The third-order valence-electron chi connectivity index (χ3n) is 0.887. The van der Waals surface area contributed by atoms with Gasteiger partial charge in [0.25, 0.3) is 0 Å². The van der Waals surface area contributed by atoms with Crippen LogP contribution in [0.2, 0.25) is 0 Å². The fourth-order valence-corrected chi connectivity index (χ4v) is 0.524. The lowest BCUT2D eigenvalue weighted by atomic mass is 10.5. The molecule has 1 aromatic heterocycles. The molecule has 0 amide bonds. The van der Waals surface area contributed by atoms with E-state index in [4.69, 9.17) is 29.0 Å². The number of aryl methyl sites for hydroxylation is 1. The maximum Gasteiger partial charge on any atom is 0.394 e. The number of hydrogen-bond donors (Lipinski definition) is 4. The smallest absolute Gasteiger partial charge is 0.394 e. The largest absolute Gasteiger partial charge is 0.394 e. The minimum absolute atomic E-state index is 0.396. The minimum Gasteiger partial charge on any atom is -0.394 e. The quantitative estimate of drug-likeness (QED) is 0.399. The van der Waals surface area contributed by atoms with Gasteiger partial charge >= 0.3 is 10.4 Å². The van der Waals surface area contributed by atoms with Gasteiger partial charge in [0.15, 0.2) is 5.82 Å². The summed E-state index contributed by atoms with van der Waals surface area (Å²) in [5.74, 6) is 0.396. The van der Waals surface area contributed by atoms with Crippen LogP contribution in [0.5, 0.6) is 0 Å². The number of nitrogens with two attached hydrogens (primary N) is 2. The Morgan fingerprint density at radius 2 is 1.85 bits per heavy atom. The molecule has 1 aromatic rings. The van der Waals surface area contributed by atoms with Crippen LogP contribution in [0.3, 0.4) is 0 Å². The first-order valence-electron chi connectivity index (χ1n) is 2.94. The molecule has 0 aliphatic heterocycles. The summed E-state index contributed by atoms with van der Waals surface area (Å²) in [7, 11) is -2.90. The molecule has 0 atom stereocenters. The van der Waals surface area contributed by atoms with E-state index in [1.165, 1.54) is 0 Å². The predicted molar refractivity (Wildman–Crippen MR) is 46.2 cm³/mol. The number of nitrogen functional groups attached to an aromatic ring is 2. The van der Waals surface area contributed by atoms with Crippen molar-refractivity contribution in [2.75, 3.05) is 11.5 Å². The second-order valence-corrected chi connectivity index (χ2v) is 2.99. The highest BCUT2D eigenvalue weighted by Crippen LogP contribution is 2.07. The second-order valence-electron chi connectivity index (χ2n) is 2.09. The minimum atomic E-state index is -4.67. The molecule has 0 saturated carbocycles. The number of nitrogens with zero attached hydrogens (tertiary/aromatic N) is 2. The molecule has 13 heavy (non-hydrogen) atoms. The monoisotopic (exact) mass is 210 g/mol. The standard InChI is InChI=1S/C4H8N4.H2O4S/c1-8-2-3(5)4(6)7-8;1-5(2,3)4/h2H,5H2,1H3,(H2,6,7);(H2,1,2,3,4). The van der Waals surface area contributed by atoms with Gasteiger partial charge in [-0.05, 0) is 0 Å². The van der Waals surface area contributed by atoms with Gasteiger partial charge in [-0.2, -0.15) is 13.5 Å². The van der Waals surface area contributed by atoms with E-state index in [0.717, 1.165) is 0 Å². The predicted octanol–water partition coefficient (Wildman–Crippen LogP) is -1.07. The topological polar surface area (TPSA) is 144 Å². The third kappa shape index (κ3) is 7.05. The third-order valence-corrected chi connectivity index (χ3v) is 0.887. The van der Waals surface area contributed by atoms with Crippen LogP contribution in [0.1, 0.15) is 0 Å². The Hall–Kier alpha value is -1.32. The first-order chi connectivity index (χ1) is 5.70. The van der Waals surface area contributed by atoms with E-state index in [1.807, 2.05) is 0 Å². The van der Waals surface area contributed by atoms with E-state index in [2.05, 4.69) is 5.10 Å². The lowest BCUT2D eigenvalue weighted by Gasteiger charge is -1.80. The molecular formula is C4H10N4O4S. The van der Waals surface area contributed by atoms with Crippen molar-refractivity contribution in [3.05, 3.63) is 6.20 Å². The van der Waals surface area contributed by atoms with Crippen LogP contribution in [0.4, 0.5) is 11.5 Å². The van der Waals surface area contributed by atoms with Crippen molar-refractivity contribution in [2.45, 2.75) is 0 Å². The average Bonchev–Trinajstić information content (AvgIpc) is 2.05. The van der Waals surface area contributed by atoms with Gasteiger partial charge < -0.3 is 11.5 Å². The Morgan fingerprint density at radius 3 is 1.92 bits per heavy atom. The van der Waals surface area contributed by atoms with E-state index in [0.29, 0.717) is 11.5 Å². The van der Waals surface area contributed by atoms with Crippen molar-refractivity contribution in [1.82, 2.24) is 9.78 Å². The van der Waals surface area contributed by atoms with Gasteiger partial charge in [0.05, 0.1) is 5.69 Å². The number of aromatic nitrogens is 2. The first kappa shape index (κ1) is 11.7. The van der Waals surface area contributed by atoms with Crippen LogP contribution in [0.25, 0.3) is 0 Å². The van der Waals surface area contributed by atoms with E-state index < -0.39 is 10.4 Å². The molecule has 0 aromatic carbocycles. The first-order valence-corrected chi connectivity index (χ1v) is 4.34. The maximum atomic E-state index is 8.74. The van der Waals surface area contributed by atoms with Crippen LogP contribution in [-0.2, 0) is 17.4 Å². The zero-order valence-corrected chi connectivity index (χ0v) is 7.56. The average molecular weight is 210 g/mol. The van der Waals surface area contributed by atoms with Gasteiger partial charge in [0.1, 0.15) is 0 Å². The van der Waals surface area contributed by atoms with Crippen molar-refractivity contribution < 1.29 is 17.5 Å². The van der Waals surface area contributed by atoms with Crippen molar-refractivity contribution in [3.63, 3.8) is 0 Å². The van der Waals surface area contributed by atoms with Crippen LogP contribution < -0.4 is 11.5 Å². The zero-order chi connectivity index (χ0) is 10.6. The summed E-state index contributed by atoms with van der Waals surface area (Å²) in [6, 6.07) is 0. The molecule has 0 fully saturated rings. The van der Waals surface area contributed by atoms with Gasteiger partial charge in [0.2, 0.25) is 0 Å². The van der Waals surface area contributed by atoms with Gasteiger partial charge in [-0.3, -0.25) is 13.8 Å². The Morgan fingerprint density at radius 1 is 1.46 bits per heavy atom. The molecule has 0 aliphatic carbocycles. The van der Waals surface area contributed by atoms with Gasteiger partial charge in [-0.15, -0.1) is 0 Å². The molecule has 8 nitrogen and oxygen atoms in total. The van der Waals surface area contributed by atoms with E-state index in [9.17, 15) is 0 Å². The zero-order valence-electron chi connectivity index (χ0n) is 6.75. The molecule has 0 spiro atoms. The lowest BCUT2D eigenvalue weighted by molar-refractivity contribution is 0.381. The summed E-state index contributed by atoms with van der Waals surface area (Å²) in [6.07, 6.45) is 1.66. The molecule has 1 heterocycles. The summed E-state index contributed by atoms with van der Waals surface area (Å²) in [5.41, 5.74) is 11.2. The van der Waals surface area contributed by atoms with Crippen molar-refractivity contribution >= 4 is 21.9 Å². The number of hydrogen-bond acceptors (Lipinski definition) is 5. The van der Waals surface area contributed by atoms with E-state index in [-0.39, 0.29) is 0 Å². The van der Waals surface area contributed by atoms with Crippen molar-refractivity contribution in [3.8, 4) is 0 Å². The van der Waals surface area contributed by atoms with Crippen LogP contribution >= 0.6 is 0 Å². The fraction of sp³-hybridized carbons (Fsp3) is 0.250. The normalized spacial score (nSPS) is 10.4. The van der Waals surface area contributed by atoms with Crippen molar-refractivity contribution in [1.29, 1.82) is 0 Å². The molecule has 0 radical (unpaired) electrons.